The van der Waals surface area contributed by atoms with Crippen LogP contribution in [-0.2, 0) is 4.79 Å². The second-order valence-corrected chi connectivity index (χ2v) is 7.08. The van der Waals surface area contributed by atoms with Crippen LogP contribution in [0.25, 0.3) is 0 Å². The van der Waals surface area contributed by atoms with Crippen molar-refractivity contribution < 1.29 is 4.79 Å². The molecule has 1 aromatic rings. The lowest BCUT2D eigenvalue weighted by Gasteiger charge is -2.36. The van der Waals surface area contributed by atoms with E-state index in [2.05, 4.69) is 65.6 Å². The predicted molar refractivity (Wildman–Crippen MR) is 124 cm³/mol. The number of para-hydroxylation sites is 1. The predicted octanol–water partition coefficient (Wildman–Crippen LogP) is 2.55. The summed E-state index contributed by atoms with van der Waals surface area (Å²) in [5.74, 6) is 1.30. The Morgan fingerprint density at radius 1 is 1.11 bits per heavy atom. The average Bonchev–Trinajstić information content (AvgIpc) is 2.66. The van der Waals surface area contributed by atoms with E-state index in [0.717, 1.165) is 32.7 Å². The molecule has 0 bridgehead atoms. The molecule has 1 heterocycles. The third kappa shape index (κ3) is 7.56. The number of hydrogen-bond donors (Lipinski definition) is 2. The van der Waals surface area contributed by atoms with E-state index in [1.807, 2.05) is 17.9 Å². The largest absolute Gasteiger partial charge is 0.368 e. The third-order valence-electron chi connectivity index (χ3n) is 4.83. The molecule has 1 aromatic carbocycles. The lowest BCUT2D eigenvalue weighted by Crippen LogP contribution is -2.50. The standard InChI is InChI=1S/C20H33N5O.HI/c1-5-21-20(23-17(4)16(2)3)22-15-19(26)25-13-11-24(12-14-25)18-9-7-6-8-10-18;/h6-10,16-17H,5,11-15H2,1-4H3,(H2,21,22,23);1H. The molecule has 1 unspecified atom stereocenters. The van der Waals surface area contributed by atoms with E-state index in [9.17, 15) is 4.79 Å². The topological polar surface area (TPSA) is 60.0 Å². The minimum absolute atomic E-state index is 0. The number of amides is 1. The molecule has 0 aliphatic carbocycles. The summed E-state index contributed by atoms with van der Waals surface area (Å²) < 4.78 is 0. The number of anilines is 1. The van der Waals surface area contributed by atoms with Crippen LogP contribution >= 0.6 is 24.0 Å². The van der Waals surface area contributed by atoms with Gasteiger partial charge >= 0.3 is 0 Å². The van der Waals surface area contributed by atoms with Crippen molar-refractivity contribution in [3.05, 3.63) is 30.3 Å². The fourth-order valence-electron chi connectivity index (χ4n) is 2.80. The van der Waals surface area contributed by atoms with Gasteiger partial charge in [0.1, 0.15) is 6.54 Å². The smallest absolute Gasteiger partial charge is 0.244 e. The first-order chi connectivity index (χ1) is 12.5. The highest BCUT2D eigenvalue weighted by atomic mass is 127. The van der Waals surface area contributed by atoms with E-state index in [1.54, 1.807) is 0 Å². The SMILES string of the molecule is CCNC(=NCC(=O)N1CCN(c2ccccc2)CC1)NC(C)C(C)C.I. The Labute approximate surface area is 180 Å². The number of carbonyl (C=O) groups excluding carboxylic acids is 1. The molecule has 7 heteroatoms. The van der Waals surface area contributed by atoms with E-state index < -0.39 is 0 Å². The van der Waals surface area contributed by atoms with Gasteiger partial charge in [0.2, 0.25) is 5.91 Å². The van der Waals surface area contributed by atoms with Crippen LogP contribution in [0.2, 0.25) is 0 Å². The maximum Gasteiger partial charge on any atom is 0.244 e. The highest BCUT2D eigenvalue weighted by molar-refractivity contribution is 14.0. The number of rotatable bonds is 6. The second kappa shape index (κ2) is 12.0. The van der Waals surface area contributed by atoms with Crippen molar-refractivity contribution in [2.24, 2.45) is 10.9 Å². The van der Waals surface area contributed by atoms with Gasteiger partial charge in [-0.2, -0.15) is 0 Å². The summed E-state index contributed by atoms with van der Waals surface area (Å²) in [6.45, 7) is 12.7. The van der Waals surface area contributed by atoms with Crippen molar-refractivity contribution in [2.45, 2.75) is 33.7 Å². The van der Waals surface area contributed by atoms with E-state index in [1.165, 1.54) is 5.69 Å². The Morgan fingerprint density at radius 3 is 2.30 bits per heavy atom. The number of hydrogen-bond acceptors (Lipinski definition) is 3. The quantitative estimate of drug-likeness (QED) is 0.368. The molecule has 27 heavy (non-hydrogen) atoms. The zero-order chi connectivity index (χ0) is 18.9. The molecule has 2 rings (SSSR count). The van der Waals surface area contributed by atoms with Crippen molar-refractivity contribution in [3.8, 4) is 0 Å². The maximum absolute atomic E-state index is 12.5. The van der Waals surface area contributed by atoms with Gasteiger partial charge < -0.3 is 20.4 Å². The van der Waals surface area contributed by atoms with Gasteiger partial charge in [-0.05, 0) is 31.9 Å². The van der Waals surface area contributed by atoms with Crippen molar-refractivity contribution >= 4 is 41.5 Å². The van der Waals surface area contributed by atoms with Crippen LogP contribution in [0, 0.1) is 5.92 Å². The van der Waals surface area contributed by atoms with Crippen LogP contribution in [0.15, 0.2) is 35.3 Å². The third-order valence-corrected chi connectivity index (χ3v) is 4.83. The number of carbonyl (C=O) groups is 1. The zero-order valence-corrected chi connectivity index (χ0v) is 19.3. The maximum atomic E-state index is 12.5. The van der Waals surface area contributed by atoms with Crippen molar-refractivity contribution in [3.63, 3.8) is 0 Å². The van der Waals surface area contributed by atoms with Crippen molar-refractivity contribution in [1.29, 1.82) is 0 Å². The number of nitrogens with one attached hydrogen (secondary N) is 2. The first-order valence-electron chi connectivity index (χ1n) is 9.64. The molecule has 2 N–H and O–H groups in total. The number of guanidine groups is 1. The molecule has 1 saturated heterocycles. The summed E-state index contributed by atoms with van der Waals surface area (Å²) in [6, 6.07) is 10.7. The van der Waals surface area contributed by atoms with Crippen LogP contribution in [0.1, 0.15) is 27.7 Å². The Balaban J connectivity index is 0.00000364. The van der Waals surface area contributed by atoms with Gasteiger partial charge in [0, 0.05) is 44.5 Å². The average molecular weight is 487 g/mol. The van der Waals surface area contributed by atoms with Crippen LogP contribution in [0.5, 0.6) is 0 Å². The van der Waals surface area contributed by atoms with Crippen molar-refractivity contribution in [2.75, 3.05) is 44.2 Å². The summed E-state index contributed by atoms with van der Waals surface area (Å²) in [5, 5.41) is 6.58. The lowest BCUT2D eigenvalue weighted by molar-refractivity contribution is -0.129. The first-order valence-corrected chi connectivity index (χ1v) is 9.64. The lowest BCUT2D eigenvalue weighted by atomic mass is 10.1. The van der Waals surface area contributed by atoms with Gasteiger partial charge in [0.25, 0.3) is 0 Å². The van der Waals surface area contributed by atoms with Crippen LogP contribution in [0.4, 0.5) is 5.69 Å². The second-order valence-electron chi connectivity index (χ2n) is 7.08. The van der Waals surface area contributed by atoms with Gasteiger partial charge in [-0.3, -0.25) is 4.79 Å². The van der Waals surface area contributed by atoms with Gasteiger partial charge in [0.15, 0.2) is 5.96 Å². The molecule has 0 aromatic heterocycles. The zero-order valence-electron chi connectivity index (χ0n) is 16.9. The highest BCUT2D eigenvalue weighted by Gasteiger charge is 2.21. The number of halogens is 1. The number of piperazine rings is 1. The Morgan fingerprint density at radius 2 is 1.74 bits per heavy atom. The molecular weight excluding hydrogens is 453 g/mol. The van der Waals surface area contributed by atoms with Gasteiger partial charge in [-0.1, -0.05) is 32.0 Å². The molecule has 0 radical (unpaired) electrons. The summed E-state index contributed by atoms with van der Waals surface area (Å²) >= 11 is 0. The highest BCUT2D eigenvalue weighted by Crippen LogP contribution is 2.15. The summed E-state index contributed by atoms with van der Waals surface area (Å²) in [6.07, 6.45) is 0. The van der Waals surface area contributed by atoms with Gasteiger partial charge in [-0.25, -0.2) is 4.99 Å². The molecule has 1 fully saturated rings. The molecule has 1 aliphatic heterocycles. The molecule has 152 valence electrons. The van der Waals surface area contributed by atoms with Crippen LogP contribution < -0.4 is 15.5 Å². The van der Waals surface area contributed by atoms with Crippen LogP contribution in [0.3, 0.4) is 0 Å². The first kappa shape index (κ1) is 23.5. The fourth-order valence-corrected chi connectivity index (χ4v) is 2.80. The Hall–Kier alpha value is -1.51. The van der Waals surface area contributed by atoms with E-state index >= 15 is 0 Å². The minimum atomic E-state index is 0. The molecule has 0 saturated carbocycles. The Bertz CT molecular complexity index is 585. The minimum Gasteiger partial charge on any atom is -0.368 e. The molecule has 1 aliphatic rings. The van der Waals surface area contributed by atoms with Gasteiger partial charge in [0.05, 0.1) is 0 Å². The molecule has 1 amide bonds. The molecular formula is C20H34IN5O. The van der Waals surface area contributed by atoms with E-state index in [-0.39, 0.29) is 36.4 Å². The normalized spacial score (nSPS) is 16.0. The monoisotopic (exact) mass is 487 g/mol. The summed E-state index contributed by atoms with van der Waals surface area (Å²) in [5.41, 5.74) is 1.22. The van der Waals surface area contributed by atoms with Gasteiger partial charge in [-0.15, -0.1) is 24.0 Å². The van der Waals surface area contributed by atoms with E-state index in [0.29, 0.717) is 17.9 Å². The molecule has 6 nitrogen and oxygen atoms in total. The summed E-state index contributed by atoms with van der Waals surface area (Å²) in [4.78, 5) is 21.2. The molecule has 0 spiro atoms. The van der Waals surface area contributed by atoms with Crippen molar-refractivity contribution in [1.82, 2.24) is 15.5 Å². The van der Waals surface area contributed by atoms with Crippen LogP contribution in [-0.4, -0.2) is 62.1 Å². The number of aliphatic imine (C=N–C) groups is 1. The number of nitrogens with zero attached hydrogens (tertiary/aromatic N) is 3. The number of benzene rings is 1. The Kier molecular flexibility index (Phi) is 10.5. The summed E-state index contributed by atoms with van der Waals surface area (Å²) in [7, 11) is 0. The molecule has 1 atom stereocenters. The fraction of sp³-hybridized carbons (Fsp3) is 0.600. The van der Waals surface area contributed by atoms with E-state index in [4.69, 9.17) is 0 Å².